The van der Waals surface area contributed by atoms with Gasteiger partial charge in [-0.15, -0.1) is 0 Å². The molecule has 0 aliphatic carbocycles. The monoisotopic (exact) mass is 297 g/mol. The summed E-state index contributed by atoms with van der Waals surface area (Å²) in [7, 11) is -2.50. The van der Waals surface area contributed by atoms with E-state index in [2.05, 4.69) is 29.6 Å². The first kappa shape index (κ1) is 17.3. The SMILES string of the molecule is CCO[Si](CCNCc1ccccc1)(OCC)OCC. The van der Waals surface area contributed by atoms with Crippen molar-refractivity contribution in [2.45, 2.75) is 33.4 Å². The quantitative estimate of drug-likeness (QED) is 0.503. The summed E-state index contributed by atoms with van der Waals surface area (Å²) in [6.45, 7) is 9.53. The van der Waals surface area contributed by atoms with Crippen LogP contribution in [0.25, 0.3) is 0 Å². The van der Waals surface area contributed by atoms with Crippen LogP contribution in [0.15, 0.2) is 30.3 Å². The second kappa shape index (κ2) is 10.1. The molecule has 1 aromatic rings. The number of hydrogen-bond acceptors (Lipinski definition) is 4. The molecule has 0 bridgehead atoms. The van der Waals surface area contributed by atoms with Crippen molar-refractivity contribution in [3.63, 3.8) is 0 Å². The van der Waals surface area contributed by atoms with Gasteiger partial charge in [-0.05, 0) is 32.9 Å². The molecule has 0 heterocycles. The Kier molecular flexibility index (Phi) is 8.72. The average Bonchev–Trinajstić information content (AvgIpc) is 2.46. The molecule has 0 amide bonds. The van der Waals surface area contributed by atoms with Gasteiger partial charge in [0.25, 0.3) is 0 Å². The third-order valence-corrected chi connectivity index (χ3v) is 5.92. The topological polar surface area (TPSA) is 39.7 Å². The molecule has 0 spiro atoms. The summed E-state index contributed by atoms with van der Waals surface area (Å²) in [5.74, 6) is 0. The largest absolute Gasteiger partial charge is 0.502 e. The van der Waals surface area contributed by atoms with Crippen molar-refractivity contribution in [1.29, 1.82) is 0 Å². The van der Waals surface area contributed by atoms with Gasteiger partial charge in [-0.2, -0.15) is 0 Å². The Morgan fingerprint density at radius 2 is 1.45 bits per heavy atom. The minimum absolute atomic E-state index is 0.630. The van der Waals surface area contributed by atoms with Gasteiger partial charge in [-0.3, -0.25) is 0 Å². The molecule has 20 heavy (non-hydrogen) atoms. The van der Waals surface area contributed by atoms with E-state index in [0.717, 1.165) is 19.1 Å². The average molecular weight is 297 g/mol. The van der Waals surface area contributed by atoms with Gasteiger partial charge < -0.3 is 18.6 Å². The third-order valence-electron chi connectivity index (χ3n) is 2.87. The summed E-state index contributed by atoms with van der Waals surface area (Å²) < 4.78 is 17.5. The Hall–Kier alpha value is -0.723. The van der Waals surface area contributed by atoms with Crippen LogP contribution in [0.3, 0.4) is 0 Å². The first-order chi connectivity index (χ1) is 9.76. The Morgan fingerprint density at radius 1 is 0.900 bits per heavy atom. The zero-order valence-electron chi connectivity index (χ0n) is 12.9. The molecule has 0 radical (unpaired) electrons. The van der Waals surface area contributed by atoms with E-state index in [1.807, 2.05) is 26.8 Å². The second-order valence-corrected chi connectivity index (χ2v) is 7.13. The fourth-order valence-corrected chi connectivity index (χ4v) is 4.56. The summed E-state index contributed by atoms with van der Waals surface area (Å²) in [4.78, 5) is 0. The summed E-state index contributed by atoms with van der Waals surface area (Å²) >= 11 is 0. The lowest BCUT2D eigenvalue weighted by Crippen LogP contribution is -2.47. The first-order valence-corrected chi connectivity index (χ1v) is 9.36. The van der Waals surface area contributed by atoms with Crippen molar-refractivity contribution < 1.29 is 13.3 Å². The van der Waals surface area contributed by atoms with Gasteiger partial charge in [0.05, 0.1) is 0 Å². The highest BCUT2D eigenvalue weighted by molar-refractivity contribution is 6.60. The summed E-state index contributed by atoms with van der Waals surface area (Å²) in [5, 5.41) is 3.43. The van der Waals surface area contributed by atoms with Crippen molar-refractivity contribution in [2.24, 2.45) is 0 Å². The molecule has 0 unspecified atom stereocenters. The number of nitrogens with one attached hydrogen (secondary N) is 1. The van der Waals surface area contributed by atoms with E-state index in [9.17, 15) is 0 Å². The lowest BCUT2D eigenvalue weighted by molar-refractivity contribution is 0.0713. The third kappa shape index (κ3) is 6.15. The molecule has 0 fully saturated rings. The predicted octanol–water partition coefficient (Wildman–Crippen LogP) is 2.82. The van der Waals surface area contributed by atoms with E-state index in [1.54, 1.807) is 0 Å². The van der Waals surface area contributed by atoms with E-state index in [-0.39, 0.29) is 0 Å². The van der Waals surface area contributed by atoms with Crippen LogP contribution in [0.1, 0.15) is 26.3 Å². The van der Waals surface area contributed by atoms with Crippen molar-refractivity contribution in [3.8, 4) is 0 Å². The van der Waals surface area contributed by atoms with Crippen LogP contribution in [0.4, 0.5) is 0 Å². The van der Waals surface area contributed by atoms with Crippen LogP contribution in [-0.4, -0.2) is 35.2 Å². The highest BCUT2D eigenvalue weighted by Crippen LogP contribution is 2.15. The van der Waals surface area contributed by atoms with Gasteiger partial charge in [-0.25, -0.2) is 0 Å². The highest BCUT2D eigenvalue weighted by Gasteiger charge is 2.39. The molecule has 0 atom stereocenters. The molecule has 5 heteroatoms. The zero-order chi connectivity index (χ0) is 14.7. The lowest BCUT2D eigenvalue weighted by Gasteiger charge is -2.28. The van der Waals surface area contributed by atoms with E-state index in [0.29, 0.717) is 19.8 Å². The normalized spacial score (nSPS) is 11.8. The molecule has 0 saturated carbocycles. The smallest absolute Gasteiger partial charge is 0.374 e. The van der Waals surface area contributed by atoms with E-state index in [4.69, 9.17) is 13.3 Å². The maximum absolute atomic E-state index is 5.82. The Balaban J connectivity index is 2.40. The van der Waals surface area contributed by atoms with Gasteiger partial charge in [0.1, 0.15) is 0 Å². The van der Waals surface area contributed by atoms with Gasteiger partial charge in [-0.1, -0.05) is 30.3 Å². The molecule has 4 nitrogen and oxygen atoms in total. The molecule has 0 saturated heterocycles. The van der Waals surface area contributed by atoms with Crippen molar-refractivity contribution in [2.75, 3.05) is 26.4 Å². The van der Waals surface area contributed by atoms with Gasteiger partial charge >= 0.3 is 8.80 Å². The second-order valence-electron chi connectivity index (χ2n) is 4.39. The molecule has 0 aliphatic heterocycles. The first-order valence-electron chi connectivity index (χ1n) is 7.42. The maximum Gasteiger partial charge on any atom is 0.502 e. The van der Waals surface area contributed by atoms with Crippen LogP contribution in [-0.2, 0) is 19.8 Å². The fraction of sp³-hybridized carbons (Fsp3) is 0.600. The van der Waals surface area contributed by atoms with Crippen LogP contribution in [0.5, 0.6) is 0 Å². The highest BCUT2D eigenvalue weighted by atomic mass is 28.4. The minimum atomic E-state index is -2.50. The van der Waals surface area contributed by atoms with Gasteiger partial charge in [0.2, 0.25) is 0 Å². The predicted molar refractivity (Wildman–Crippen MR) is 83.6 cm³/mol. The summed E-state index contributed by atoms with van der Waals surface area (Å²) in [6, 6.07) is 11.2. The molecule has 1 N–H and O–H groups in total. The minimum Gasteiger partial charge on any atom is -0.374 e. The zero-order valence-corrected chi connectivity index (χ0v) is 13.9. The van der Waals surface area contributed by atoms with Gasteiger partial charge in [0, 0.05) is 32.4 Å². The van der Waals surface area contributed by atoms with Crippen molar-refractivity contribution in [3.05, 3.63) is 35.9 Å². The van der Waals surface area contributed by atoms with Crippen LogP contribution < -0.4 is 5.32 Å². The Bertz CT molecular complexity index is 331. The molecule has 0 aliphatic rings. The number of rotatable bonds is 11. The Morgan fingerprint density at radius 3 is 1.95 bits per heavy atom. The van der Waals surface area contributed by atoms with Crippen LogP contribution >= 0.6 is 0 Å². The molecule has 1 aromatic carbocycles. The standard InChI is InChI=1S/C15H27NO3Si/c1-4-17-20(18-5-2,19-6-3)13-12-16-14-15-10-8-7-9-11-15/h7-11,16H,4-6,12-14H2,1-3H3. The van der Waals surface area contributed by atoms with Crippen molar-refractivity contribution in [1.82, 2.24) is 5.32 Å². The number of benzene rings is 1. The number of hydrogen-bond donors (Lipinski definition) is 1. The summed E-state index contributed by atoms with van der Waals surface area (Å²) in [5.41, 5.74) is 1.28. The van der Waals surface area contributed by atoms with E-state index >= 15 is 0 Å². The molecular weight excluding hydrogens is 270 g/mol. The van der Waals surface area contributed by atoms with Crippen molar-refractivity contribution >= 4 is 8.80 Å². The fourth-order valence-electron chi connectivity index (χ4n) is 2.07. The molecule has 0 aromatic heterocycles. The van der Waals surface area contributed by atoms with Crippen LogP contribution in [0, 0.1) is 0 Å². The van der Waals surface area contributed by atoms with E-state index in [1.165, 1.54) is 5.56 Å². The van der Waals surface area contributed by atoms with Gasteiger partial charge in [0.15, 0.2) is 0 Å². The summed E-state index contributed by atoms with van der Waals surface area (Å²) in [6.07, 6.45) is 0. The van der Waals surface area contributed by atoms with E-state index < -0.39 is 8.80 Å². The molecular formula is C15H27NO3Si. The molecule has 1 rings (SSSR count). The lowest BCUT2D eigenvalue weighted by atomic mass is 10.2. The maximum atomic E-state index is 5.82. The Labute approximate surface area is 123 Å². The van der Waals surface area contributed by atoms with Crippen LogP contribution in [0.2, 0.25) is 6.04 Å². The molecule has 114 valence electrons.